The number of anilines is 1. The molecule has 7 heteroatoms. The number of imide groups is 1. The minimum absolute atomic E-state index is 0.0947. The molecule has 2 aliphatic rings. The second-order valence-electron chi connectivity index (χ2n) is 8.00. The van der Waals surface area contributed by atoms with Gasteiger partial charge >= 0.3 is 0 Å². The van der Waals surface area contributed by atoms with Gasteiger partial charge in [-0.2, -0.15) is 0 Å². The molecule has 2 aromatic carbocycles. The molecule has 4 rings (SSSR count). The topological polar surface area (TPSA) is 79.0 Å². The lowest BCUT2D eigenvalue weighted by Crippen LogP contribution is -2.44. The van der Waals surface area contributed by atoms with E-state index in [2.05, 4.69) is 22.3 Å². The smallest absolute Gasteiger partial charge is 0.251 e. The van der Waals surface area contributed by atoms with E-state index in [0.717, 1.165) is 42.9 Å². The number of amides is 3. The normalized spacial score (nSPS) is 17.2. The standard InChI is InChI=1S/C24H27N3O4/c1-31-21-8-6-20(7-9-21)26-14-12-19(13-15-26)25-24(30)18-4-2-17(3-5-18)16-27-22(28)10-11-23(27)29/h2-9,19H,10-16H2,1H3,(H,25,30). The largest absolute Gasteiger partial charge is 0.497 e. The highest BCUT2D eigenvalue weighted by atomic mass is 16.5. The monoisotopic (exact) mass is 421 g/mol. The zero-order valence-electron chi connectivity index (χ0n) is 17.7. The van der Waals surface area contributed by atoms with Gasteiger partial charge in [-0.1, -0.05) is 12.1 Å². The summed E-state index contributed by atoms with van der Waals surface area (Å²) in [4.78, 5) is 39.8. The number of nitrogens with zero attached hydrogens (tertiary/aromatic N) is 2. The van der Waals surface area contributed by atoms with Crippen LogP contribution in [0.1, 0.15) is 41.6 Å². The number of hydrogen-bond donors (Lipinski definition) is 1. The van der Waals surface area contributed by atoms with Gasteiger partial charge in [0.15, 0.2) is 0 Å². The molecule has 2 aromatic rings. The molecule has 3 amide bonds. The van der Waals surface area contributed by atoms with Crippen molar-refractivity contribution >= 4 is 23.4 Å². The molecule has 0 radical (unpaired) electrons. The molecule has 0 atom stereocenters. The third kappa shape index (κ3) is 4.87. The molecule has 0 unspecified atom stereocenters. The van der Waals surface area contributed by atoms with E-state index < -0.39 is 0 Å². The van der Waals surface area contributed by atoms with Crippen molar-refractivity contribution in [3.05, 3.63) is 59.7 Å². The third-order valence-electron chi connectivity index (χ3n) is 5.98. The van der Waals surface area contributed by atoms with E-state index in [4.69, 9.17) is 4.74 Å². The van der Waals surface area contributed by atoms with Crippen LogP contribution in [0.5, 0.6) is 5.75 Å². The summed E-state index contributed by atoms with van der Waals surface area (Å²) in [5, 5.41) is 3.13. The molecule has 2 heterocycles. The Balaban J connectivity index is 1.27. The highest BCUT2D eigenvalue weighted by molar-refractivity contribution is 6.01. The molecule has 31 heavy (non-hydrogen) atoms. The molecule has 7 nitrogen and oxygen atoms in total. The Kier molecular flexibility index (Phi) is 6.21. The van der Waals surface area contributed by atoms with Crippen molar-refractivity contribution < 1.29 is 19.1 Å². The van der Waals surface area contributed by atoms with Crippen LogP contribution in [0.2, 0.25) is 0 Å². The Morgan fingerprint density at radius 1 is 0.968 bits per heavy atom. The Bertz CT molecular complexity index is 932. The number of hydrogen-bond acceptors (Lipinski definition) is 5. The van der Waals surface area contributed by atoms with Gasteiger partial charge in [0.1, 0.15) is 5.75 Å². The second-order valence-corrected chi connectivity index (χ2v) is 8.00. The van der Waals surface area contributed by atoms with Crippen molar-refractivity contribution in [2.45, 2.75) is 38.3 Å². The Morgan fingerprint density at radius 3 is 2.16 bits per heavy atom. The molecule has 0 saturated carbocycles. The first-order valence-electron chi connectivity index (χ1n) is 10.7. The minimum Gasteiger partial charge on any atom is -0.497 e. The van der Waals surface area contributed by atoms with Crippen LogP contribution in [0.3, 0.4) is 0 Å². The SMILES string of the molecule is COc1ccc(N2CCC(NC(=O)c3ccc(CN4C(=O)CCC4=O)cc3)CC2)cc1. The zero-order chi connectivity index (χ0) is 21.8. The first kappa shape index (κ1) is 20.9. The van der Waals surface area contributed by atoms with Crippen LogP contribution < -0.4 is 15.0 Å². The molecular weight excluding hydrogens is 394 g/mol. The highest BCUT2D eigenvalue weighted by Gasteiger charge is 2.28. The van der Waals surface area contributed by atoms with Gasteiger partial charge in [-0.3, -0.25) is 19.3 Å². The summed E-state index contributed by atoms with van der Waals surface area (Å²) in [6, 6.07) is 15.3. The number of nitrogens with one attached hydrogen (secondary N) is 1. The van der Waals surface area contributed by atoms with Crippen molar-refractivity contribution in [3.63, 3.8) is 0 Å². The van der Waals surface area contributed by atoms with Gasteiger partial charge in [-0.15, -0.1) is 0 Å². The molecule has 2 aliphatic heterocycles. The predicted molar refractivity (Wildman–Crippen MR) is 117 cm³/mol. The number of carbonyl (C=O) groups is 3. The van der Waals surface area contributed by atoms with Crippen LogP contribution in [0.15, 0.2) is 48.5 Å². The molecule has 1 N–H and O–H groups in total. The first-order chi connectivity index (χ1) is 15.0. The lowest BCUT2D eigenvalue weighted by atomic mass is 10.0. The van der Waals surface area contributed by atoms with Crippen LogP contribution in [0.25, 0.3) is 0 Å². The van der Waals surface area contributed by atoms with Gasteiger partial charge in [0, 0.05) is 43.2 Å². The summed E-state index contributed by atoms with van der Waals surface area (Å²) in [6.07, 6.45) is 2.34. The summed E-state index contributed by atoms with van der Waals surface area (Å²) < 4.78 is 5.21. The zero-order valence-corrected chi connectivity index (χ0v) is 17.7. The molecule has 2 saturated heterocycles. The number of ether oxygens (including phenoxy) is 1. The summed E-state index contributed by atoms with van der Waals surface area (Å²) in [5.74, 6) is 0.485. The van der Waals surface area contributed by atoms with Crippen LogP contribution in [0.4, 0.5) is 5.69 Å². The quantitative estimate of drug-likeness (QED) is 0.726. The third-order valence-corrected chi connectivity index (χ3v) is 5.98. The van der Waals surface area contributed by atoms with E-state index in [9.17, 15) is 14.4 Å². The van der Waals surface area contributed by atoms with Crippen molar-refractivity contribution in [1.29, 1.82) is 0 Å². The van der Waals surface area contributed by atoms with Gasteiger partial charge in [-0.05, 0) is 54.8 Å². The van der Waals surface area contributed by atoms with Crippen molar-refractivity contribution in [1.82, 2.24) is 10.2 Å². The maximum Gasteiger partial charge on any atom is 0.251 e. The van der Waals surface area contributed by atoms with Gasteiger partial charge in [0.05, 0.1) is 13.7 Å². The summed E-state index contributed by atoms with van der Waals surface area (Å²) in [6.45, 7) is 2.03. The average molecular weight is 421 g/mol. The molecule has 162 valence electrons. The minimum atomic E-state index is -0.132. The lowest BCUT2D eigenvalue weighted by molar-refractivity contribution is -0.139. The van der Waals surface area contributed by atoms with Gasteiger partial charge < -0.3 is 15.0 Å². The van der Waals surface area contributed by atoms with Gasteiger partial charge in [0.2, 0.25) is 11.8 Å². The van der Waals surface area contributed by atoms with Crippen molar-refractivity contribution in [2.75, 3.05) is 25.1 Å². The van der Waals surface area contributed by atoms with Crippen molar-refractivity contribution in [3.8, 4) is 5.75 Å². The van der Waals surface area contributed by atoms with E-state index in [1.54, 1.807) is 31.4 Å². The van der Waals surface area contributed by atoms with E-state index in [1.807, 2.05) is 12.1 Å². The number of methoxy groups -OCH3 is 1. The summed E-state index contributed by atoms with van der Waals surface area (Å²) in [7, 11) is 1.66. The molecule has 0 bridgehead atoms. The number of benzene rings is 2. The second kappa shape index (κ2) is 9.20. The van der Waals surface area contributed by atoms with E-state index >= 15 is 0 Å². The van der Waals surface area contributed by atoms with Crippen LogP contribution in [-0.2, 0) is 16.1 Å². The molecule has 0 spiro atoms. The van der Waals surface area contributed by atoms with Gasteiger partial charge in [0.25, 0.3) is 5.91 Å². The first-order valence-corrected chi connectivity index (χ1v) is 10.7. The molecule has 0 aromatic heterocycles. The van der Waals surface area contributed by atoms with E-state index in [-0.39, 0.29) is 43.1 Å². The van der Waals surface area contributed by atoms with E-state index in [1.165, 1.54) is 4.90 Å². The predicted octanol–water partition coefficient (Wildman–Crippen LogP) is 2.74. The Morgan fingerprint density at radius 2 is 1.58 bits per heavy atom. The van der Waals surface area contributed by atoms with E-state index in [0.29, 0.717) is 5.56 Å². The van der Waals surface area contributed by atoms with Crippen molar-refractivity contribution in [2.24, 2.45) is 0 Å². The average Bonchev–Trinajstić information content (AvgIpc) is 3.12. The fraction of sp³-hybridized carbons (Fsp3) is 0.375. The highest BCUT2D eigenvalue weighted by Crippen LogP contribution is 2.23. The molecule has 2 fully saturated rings. The summed E-state index contributed by atoms with van der Waals surface area (Å²) in [5.41, 5.74) is 2.59. The lowest BCUT2D eigenvalue weighted by Gasteiger charge is -2.34. The number of piperidine rings is 1. The maximum atomic E-state index is 12.6. The Hall–Kier alpha value is -3.35. The van der Waals surface area contributed by atoms with Crippen LogP contribution >= 0.6 is 0 Å². The molecule has 0 aliphatic carbocycles. The Labute approximate surface area is 182 Å². The number of likely N-dealkylation sites (tertiary alicyclic amines) is 1. The van der Waals surface area contributed by atoms with Crippen LogP contribution in [0, 0.1) is 0 Å². The fourth-order valence-corrected chi connectivity index (χ4v) is 4.09. The number of carbonyl (C=O) groups excluding carboxylic acids is 3. The number of rotatable bonds is 6. The maximum absolute atomic E-state index is 12.6. The fourth-order valence-electron chi connectivity index (χ4n) is 4.09. The summed E-state index contributed by atoms with van der Waals surface area (Å²) >= 11 is 0. The van der Waals surface area contributed by atoms with Crippen LogP contribution in [-0.4, -0.2) is 48.9 Å². The molecular formula is C24H27N3O4. The van der Waals surface area contributed by atoms with Gasteiger partial charge in [-0.25, -0.2) is 0 Å².